The van der Waals surface area contributed by atoms with E-state index in [9.17, 15) is 14.4 Å². The number of benzene rings is 3. The molecule has 0 saturated carbocycles. The molecule has 1 aromatic heterocycles. The van der Waals surface area contributed by atoms with E-state index in [1.807, 2.05) is 49.4 Å². The molecule has 2 atom stereocenters. The number of anilines is 1. The minimum absolute atomic E-state index is 0.0223. The topological polar surface area (TPSA) is 70.8 Å². The molecule has 0 bridgehead atoms. The van der Waals surface area contributed by atoms with Crippen LogP contribution in [-0.4, -0.2) is 23.3 Å². The molecule has 6 rings (SSSR count). The molecule has 178 valence electrons. The van der Waals surface area contributed by atoms with E-state index in [1.54, 1.807) is 35.2 Å². The summed E-state index contributed by atoms with van der Waals surface area (Å²) in [5.41, 5.74) is 0.119. The van der Waals surface area contributed by atoms with E-state index >= 15 is 0 Å². The van der Waals surface area contributed by atoms with Crippen molar-refractivity contribution in [3.63, 3.8) is 0 Å². The van der Waals surface area contributed by atoms with Crippen LogP contribution in [0.5, 0.6) is 0 Å². The van der Waals surface area contributed by atoms with Crippen LogP contribution in [-0.2, 0) is 10.3 Å². The molecule has 2 unspecified atom stereocenters. The highest BCUT2D eigenvalue weighted by Gasteiger charge is 2.66. The summed E-state index contributed by atoms with van der Waals surface area (Å²) < 4.78 is 6.07. The maximum absolute atomic E-state index is 14.5. The van der Waals surface area contributed by atoms with Crippen molar-refractivity contribution >= 4 is 40.1 Å². The van der Waals surface area contributed by atoms with Gasteiger partial charge in [0.2, 0.25) is 5.76 Å². The molecule has 7 heteroatoms. The minimum Gasteiger partial charge on any atom is -0.450 e. The van der Waals surface area contributed by atoms with E-state index in [4.69, 9.17) is 16.0 Å². The summed E-state index contributed by atoms with van der Waals surface area (Å²) in [5, 5.41) is 0.573. The molecule has 3 heterocycles. The molecule has 0 radical (unpaired) electrons. The molecule has 4 aromatic rings. The van der Waals surface area contributed by atoms with Crippen molar-refractivity contribution in [1.82, 2.24) is 4.90 Å². The SMILES string of the molecule is C=CCN1C(=O)C2(c3ccccc31)c1c(oc3ccc(Cl)cc3c1=O)C(=O)N2C(C)c1ccccc1. The Morgan fingerprint density at radius 1 is 1.03 bits per heavy atom. The number of carbonyl (C=O) groups excluding carboxylic acids is 2. The summed E-state index contributed by atoms with van der Waals surface area (Å²) in [4.78, 5) is 45.8. The normalized spacial score (nSPS) is 19.2. The standard InChI is InChI=1S/C29H21ClN2O4/c1-3-15-31-22-12-8-7-11-21(22)29(28(31)35)24-25(33)20-16-19(30)13-14-23(20)36-26(24)27(34)32(29)17(2)18-9-5-4-6-10-18/h3-14,16-17H,1,15H2,2H3. The number of halogens is 1. The first-order valence-corrected chi connectivity index (χ1v) is 12.0. The fourth-order valence-electron chi connectivity index (χ4n) is 5.60. The third-order valence-corrected chi connectivity index (χ3v) is 7.34. The first kappa shape index (κ1) is 22.3. The number of hydrogen-bond donors (Lipinski definition) is 0. The molecule has 2 amide bonds. The molecular weight excluding hydrogens is 476 g/mol. The van der Waals surface area contributed by atoms with Gasteiger partial charge in [0.15, 0.2) is 11.0 Å². The molecule has 0 aliphatic carbocycles. The average molecular weight is 497 g/mol. The fraction of sp³-hybridized carbons (Fsp3) is 0.138. The van der Waals surface area contributed by atoms with Crippen LogP contribution in [0.1, 0.15) is 40.2 Å². The minimum atomic E-state index is -1.70. The molecule has 0 fully saturated rings. The lowest BCUT2D eigenvalue weighted by molar-refractivity contribution is -0.126. The summed E-state index contributed by atoms with van der Waals surface area (Å²) in [5.74, 6) is -1.03. The highest BCUT2D eigenvalue weighted by Crippen LogP contribution is 2.55. The zero-order chi connectivity index (χ0) is 25.2. The molecule has 36 heavy (non-hydrogen) atoms. The van der Waals surface area contributed by atoms with Gasteiger partial charge < -0.3 is 14.2 Å². The van der Waals surface area contributed by atoms with Crippen LogP contribution in [0.4, 0.5) is 5.69 Å². The van der Waals surface area contributed by atoms with Gasteiger partial charge in [0.05, 0.1) is 22.7 Å². The lowest BCUT2D eigenvalue weighted by Crippen LogP contribution is -2.54. The van der Waals surface area contributed by atoms with Crippen LogP contribution < -0.4 is 10.3 Å². The number of nitrogens with zero attached hydrogens (tertiary/aromatic N) is 2. The maximum atomic E-state index is 14.5. The Balaban J connectivity index is 1.75. The highest BCUT2D eigenvalue weighted by atomic mass is 35.5. The van der Waals surface area contributed by atoms with Crippen molar-refractivity contribution in [3.05, 3.63) is 123 Å². The zero-order valence-electron chi connectivity index (χ0n) is 19.4. The average Bonchev–Trinajstić information content (AvgIpc) is 3.29. The van der Waals surface area contributed by atoms with Gasteiger partial charge >= 0.3 is 0 Å². The number of fused-ring (bicyclic) bond motifs is 5. The Morgan fingerprint density at radius 2 is 1.75 bits per heavy atom. The lowest BCUT2D eigenvalue weighted by atomic mass is 9.83. The van der Waals surface area contributed by atoms with E-state index in [2.05, 4.69) is 6.58 Å². The number of carbonyl (C=O) groups is 2. The first-order valence-electron chi connectivity index (χ1n) is 11.6. The molecule has 2 aliphatic rings. The summed E-state index contributed by atoms with van der Waals surface area (Å²) in [6.07, 6.45) is 1.62. The Hall–Kier alpha value is -4.16. The molecule has 2 aliphatic heterocycles. The number of rotatable bonds is 4. The predicted octanol–water partition coefficient (Wildman–Crippen LogP) is 5.44. The molecule has 1 spiro atoms. The van der Waals surface area contributed by atoms with Crippen molar-refractivity contribution < 1.29 is 14.0 Å². The van der Waals surface area contributed by atoms with Gasteiger partial charge in [0.1, 0.15) is 5.58 Å². The summed E-state index contributed by atoms with van der Waals surface area (Å²) >= 11 is 6.21. The van der Waals surface area contributed by atoms with Gasteiger partial charge in [-0.05, 0) is 36.8 Å². The third kappa shape index (κ3) is 2.76. The monoisotopic (exact) mass is 496 g/mol. The molecule has 0 saturated heterocycles. The van der Waals surface area contributed by atoms with Crippen LogP contribution in [0.3, 0.4) is 0 Å². The van der Waals surface area contributed by atoms with Gasteiger partial charge in [-0.2, -0.15) is 0 Å². The van der Waals surface area contributed by atoms with Crippen molar-refractivity contribution in [1.29, 1.82) is 0 Å². The summed E-state index contributed by atoms with van der Waals surface area (Å²) in [7, 11) is 0. The van der Waals surface area contributed by atoms with Gasteiger partial charge in [-0.1, -0.05) is 66.2 Å². The van der Waals surface area contributed by atoms with Crippen molar-refractivity contribution in [2.75, 3.05) is 11.4 Å². The fourth-order valence-corrected chi connectivity index (χ4v) is 5.77. The van der Waals surface area contributed by atoms with E-state index in [0.29, 0.717) is 16.3 Å². The molecule has 0 N–H and O–H groups in total. The Kier molecular flexibility index (Phi) is 4.92. The highest BCUT2D eigenvalue weighted by molar-refractivity contribution is 6.31. The van der Waals surface area contributed by atoms with Gasteiger partial charge in [-0.25, -0.2) is 0 Å². The lowest BCUT2D eigenvalue weighted by Gasteiger charge is -2.38. The third-order valence-electron chi connectivity index (χ3n) is 7.11. The predicted molar refractivity (Wildman–Crippen MR) is 138 cm³/mol. The number of amides is 2. The molecule has 6 nitrogen and oxygen atoms in total. The van der Waals surface area contributed by atoms with Gasteiger partial charge in [-0.15, -0.1) is 6.58 Å². The van der Waals surface area contributed by atoms with Crippen LogP contribution >= 0.6 is 11.6 Å². The van der Waals surface area contributed by atoms with Crippen LogP contribution in [0.15, 0.2) is 94.7 Å². The van der Waals surface area contributed by atoms with Crippen LogP contribution in [0, 0.1) is 0 Å². The zero-order valence-corrected chi connectivity index (χ0v) is 20.2. The van der Waals surface area contributed by atoms with Gasteiger partial charge in [0, 0.05) is 17.1 Å². The Morgan fingerprint density at radius 3 is 2.50 bits per heavy atom. The second-order valence-corrected chi connectivity index (χ2v) is 9.41. The molecular formula is C29H21ClN2O4. The second-order valence-electron chi connectivity index (χ2n) is 8.97. The van der Waals surface area contributed by atoms with E-state index in [1.165, 1.54) is 11.0 Å². The van der Waals surface area contributed by atoms with Gasteiger partial charge in [0.25, 0.3) is 11.8 Å². The first-order chi connectivity index (χ1) is 17.4. The smallest absolute Gasteiger partial charge is 0.292 e. The summed E-state index contributed by atoms with van der Waals surface area (Å²) in [6.45, 7) is 5.88. The van der Waals surface area contributed by atoms with Crippen molar-refractivity contribution in [2.24, 2.45) is 0 Å². The second kappa shape index (κ2) is 7.93. The quantitative estimate of drug-likeness (QED) is 0.353. The van der Waals surface area contributed by atoms with Gasteiger partial charge in [-0.3, -0.25) is 14.4 Å². The maximum Gasteiger partial charge on any atom is 0.292 e. The van der Waals surface area contributed by atoms with Crippen LogP contribution in [0.2, 0.25) is 5.02 Å². The largest absolute Gasteiger partial charge is 0.450 e. The van der Waals surface area contributed by atoms with E-state index in [-0.39, 0.29) is 28.8 Å². The van der Waals surface area contributed by atoms with E-state index < -0.39 is 28.8 Å². The Bertz CT molecular complexity index is 1640. The number of hydrogen-bond acceptors (Lipinski definition) is 4. The number of para-hydroxylation sites is 1. The summed E-state index contributed by atoms with van der Waals surface area (Å²) in [6, 6.07) is 20.8. The van der Waals surface area contributed by atoms with Crippen LogP contribution in [0.25, 0.3) is 11.0 Å². The van der Waals surface area contributed by atoms with Crippen molar-refractivity contribution in [3.8, 4) is 0 Å². The van der Waals surface area contributed by atoms with E-state index in [0.717, 1.165) is 5.56 Å². The molecule has 3 aromatic carbocycles. The van der Waals surface area contributed by atoms with Crippen molar-refractivity contribution in [2.45, 2.75) is 18.5 Å². The Labute approximate surface area is 212 Å².